The smallest absolute Gasteiger partial charge is 0.133 e. The van der Waals surface area contributed by atoms with Crippen molar-refractivity contribution in [2.45, 2.75) is 77.8 Å². The Balaban J connectivity index is 1.72. The normalized spacial score (nSPS) is 13.9. The second-order valence-electron chi connectivity index (χ2n) is 9.05. The fraction of sp³-hybridized carbons (Fsp3) is 0.583. The summed E-state index contributed by atoms with van der Waals surface area (Å²) in [5, 5.41) is 0. The number of hydrogen-bond donors (Lipinski definition) is 2. The molecule has 0 spiro atoms. The van der Waals surface area contributed by atoms with Gasteiger partial charge in [-0.2, -0.15) is 0 Å². The highest BCUT2D eigenvalue weighted by molar-refractivity contribution is 6.00. The number of aryl methyl sites for hydroxylation is 1. The number of nitrogens with zero attached hydrogens (tertiary/aromatic N) is 4. The third-order valence-electron chi connectivity index (χ3n) is 5.82. The molecule has 2 atom stereocenters. The van der Waals surface area contributed by atoms with Crippen molar-refractivity contribution in [1.29, 1.82) is 0 Å². The highest BCUT2D eigenvalue weighted by Gasteiger charge is 2.19. The second-order valence-corrected chi connectivity index (χ2v) is 9.05. The maximum absolute atomic E-state index is 12.3. The predicted molar refractivity (Wildman–Crippen MR) is 126 cm³/mol. The topological polar surface area (TPSA) is 113 Å². The third kappa shape index (κ3) is 5.86. The van der Waals surface area contributed by atoms with E-state index in [4.69, 9.17) is 16.5 Å². The Labute approximate surface area is 184 Å². The molecule has 3 heterocycles. The van der Waals surface area contributed by atoms with Crippen molar-refractivity contribution in [2.75, 3.05) is 6.54 Å². The lowest BCUT2D eigenvalue weighted by Gasteiger charge is -2.13. The SMILES string of the molecule is CC(C)CC(N)CCC(=O)CCCn1cnc2c(C(C)CCN)nc3cccnc3c21. The van der Waals surface area contributed by atoms with Crippen LogP contribution in [0.4, 0.5) is 0 Å². The lowest BCUT2D eigenvalue weighted by atomic mass is 9.98. The van der Waals surface area contributed by atoms with Gasteiger partial charge in [-0.05, 0) is 50.3 Å². The summed E-state index contributed by atoms with van der Waals surface area (Å²) < 4.78 is 2.11. The first-order valence-corrected chi connectivity index (χ1v) is 11.5. The lowest BCUT2D eigenvalue weighted by Crippen LogP contribution is -2.23. The van der Waals surface area contributed by atoms with Gasteiger partial charge >= 0.3 is 0 Å². The minimum atomic E-state index is 0.111. The molecule has 2 unspecified atom stereocenters. The van der Waals surface area contributed by atoms with Crippen LogP contribution in [0.5, 0.6) is 0 Å². The number of rotatable bonds is 12. The molecule has 7 heteroatoms. The summed E-state index contributed by atoms with van der Waals surface area (Å²) in [6.07, 6.45) is 8.12. The van der Waals surface area contributed by atoms with E-state index in [1.54, 1.807) is 6.20 Å². The van der Waals surface area contributed by atoms with Crippen LogP contribution in [0.15, 0.2) is 24.7 Å². The highest BCUT2D eigenvalue weighted by Crippen LogP contribution is 2.30. The molecule has 0 fully saturated rings. The molecular formula is C24H36N6O. The first-order chi connectivity index (χ1) is 14.9. The monoisotopic (exact) mass is 424 g/mol. The molecule has 168 valence electrons. The van der Waals surface area contributed by atoms with Crippen LogP contribution >= 0.6 is 0 Å². The summed E-state index contributed by atoms with van der Waals surface area (Å²) in [5.74, 6) is 1.07. The van der Waals surface area contributed by atoms with Crippen LogP contribution < -0.4 is 11.5 Å². The number of carbonyl (C=O) groups is 1. The number of pyridine rings is 2. The van der Waals surface area contributed by atoms with Gasteiger partial charge in [0, 0.05) is 37.5 Å². The number of nitrogens with two attached hydrogens (primary N) is 2. The van der Waals surface area contributed by atoms with Gasteiger partial charge < -0.3 is 16.0 Å². The summed E-state index contributed by atoms with van der Waals surface area (Å²) in [4.78, 5) is 26.4. The largest absolute Gasteiger partial charge is 0.330 e. The van der Waals surface area contributed by atoms with Gasteiger partial charge in [-0.25, -0.2) is 9.97 Å². The molecule has 0 aliphatic heterocycles. The molecular weight excluding hydrogens is 388 g/mol. The van der Waals surface area contributed by atoms with Gasteiger partial charge in [0.15, 0.2) is 0 Å². The van der Waals surface area contributed by atoms with E-state index >= 15 is 0 Å². The van der Waals surface area contributed by atoms with Crippen molar-refractivity contribution in [3.8, 4) is 0 Å². The molecule has 0 saturated heterocycles. The summed E-state index contributed by atoms with van der Waals surface area (Å²) in [6, 6.07) is 4.00. The average molecular weight is 425 g/mol. The molecule has 0 aromatic carbocycles. The number of ketones is 1. The van der Waals surface area contributed by atoms with Gasteiger partial charge in [-0.15, -0.1) is 0 Å². The van der Waals surface area contributed by atoms with E-state index in [0.717, 1.165) is 60.0 Å². The molecule has 3 aromatic rings. The Morgan fingerprint density at radius 2 is 1.94 bits per heavy atom. The fourth-order valence-corrected chi connectivity index (χ4v) is 4.21. The van der Waals surface area contributed by atoms with Crippen LogP contribution in [0.1, 0.15) is 70.9 Å². The molecule has 0 saturated carbocycles. The van der Waals surface area contributed by atoms with Crippen molar-refractivity contribution >= 4 is 27.9 Å². The molecule has 4 N–H and O–H groups in total. The molecule has 7 nitrogen and oxygen atoms in total. The number of aromatic nitrogens is 4. The second kappa shape index (κ2) is 10.8. The molecule has 3 aromatic heterocycles. The van der Waals surface area contributed by atoms with Crippen LogP contribution in [-0.2, 0) is 11.3 Å². The first kappa shape index (κ1) is 23.3. The van der Waals surface area contributed by atoms with E-state index in [-0.39, 0.29) is 17.7 Å². The molecule has 31 heavy (non-hydrogen) atoms. The van der Waals surface area contributed by atoms with Gasteiger partial charge in [0.2, 0.25) is 0 Å². The van der Waals surface area contributed by atoms with Crippen LogP contribution in [-0.4, -0.2) is 37.9 Å². The molecule has 0 amide bonds. The lowest BCUT2D eigenvalue weighted by molar-refractivity contribution is -0.119. The summed E-state index contributed by atoms with van der Waals surface area (Å²) >= 11 is 0. The molecule has 0 aliphatic rings. The quantitative estimate of drug-likeness (QED) is 0.455. The van der Waals surface area contributed by atoms with E-state index in [1.165, 1.54) is 0 Å². The summed E-state index contributed by atoms with van der Waals surface area (Å²) in [5.41, 5.74) is 16.5. The Morgan fingerprint density at radius 3 is 2.68 bits per heavy atom. The van der Waals surface area contributed by atoms with Crippen molar-refractivity contribution in [2.24, 2.45) is 17.4 Å². The average Bonchev–Trinajstić information content (AvgIpc) is 3.15. The Morgan fingerprint density at radius 1 is 1.13 bits per heavy atom. The van der Waals surface area contributed by atoms with Gasteiger partial charge in [0.25, 0.3) is 0 Å². The van der Waals surface area contributed by atoms with Crippen molar-refractivity contribution in [1.82, 2.24) is 19.5 Å². The van der Waals surface area contributed by atoms with Crippen LogP contribution in [0, 0.1) is 5.92 Å². The standard InChI is InChI=1S/C24H36N6O/c1-16(2)14-18(26)8-9-19(31)6-5-13-30-15-28-23-21(17(3)10-11-25)29-20-7-4-12-27-22(20)24(23)30/h4,7,12,15-18H,5-6,8-11,13-14,25-26H2,1-3H3. The zero-order valence-corrected chi connectivity index (χ0v) is 19.1. The Kier molecular flexibility index (Phi) is 8.09. The summed E-state index contributed by atoms with van der Waals surface area (Å²) in [6.45, 7) is 7.79. The summed E-state index contributed by atoms with van der Waals surface area (Å²) in [7, 11) is 0. The van der Waals surface area contributed by atoms with E-state index in [2.05, 4.69) is 35.3 Å². The number of carbonyl (C=O) groups excluding carboxylic acids is 1. The molecule has 0 bridgehead atoms. The first-order valence-electron chi connectivity index (χ1n) is 11.5. The zero-order chi connectivity index (χ0) is 22.4. The van der Waals surface area contributed by atoms with E-state index in [0.29, 0.717) is 25.3 Å². The van der Waals surface area contributed by atoms with Gasteiger partial charge in [0.1, 0.15) is 16.8 Å². The van der Waals surface area contributed by atoms with Crippen molar-refractivity contribution < 1.29 is 4.79 Å². The zero-order valence-electron chi connectivity index (χ0n) is 19.1. The minimum Gasteiger partial charge on any atom is -0.330 e. The molecule has 0 radical (unpaired) electrons. The maximum atomic E-state index is 12.3. The molecule has 3 rings (SSSR count). The van der Waals surface area contributed by atoms with Crippen LogP contribution in [0.2, 0.25) is 0 Å². The predicted octanol–water partition coefficient (Wildman–Crippen LogP) is 3.93. The van der Waals surface area contributed by atoms with Crippen LogP contribution in [0.3, 0.4) is 0 Å². The fourth-order valence-electron chi connectivity index (χ4n) is 4.21. The highest BCUT2D eigenvalue weighted by atomic mass is 16.1. The van der Waals surface area contributed by atoms with E-state index < -0.39 is 0 Å². The van der Waals surface area contributed by atoms with E-state index in [1.807, 2.05) is 18.5 Å². The van der Waals surface area contributed by atoms with Gasteiger partial charge in [-0.1, -0.05) is 20.8 Å². The Bertz CT molecular complexity index is 1010. The Hall–Kier alpha value is -2.38. The van der Waals surface area contributed by atoms with Gasteiger partial charge in [0.05, 0.1) is 23.1 Å². The number of imidazole rings is 1. The third-order valence-corrected chi connectivity index (χ3v) is 5.82. The molecule has 0 aliphatic carbocycles. The number of Topliss-reactive ketones (excluding diaryl/α,β-unsaturated/α-hetero) is 1. The van der Waals surface area contributed by atoms with Gasteiger partial charge in [-0.3, -0.25) is 9.78 Å². The number of hydrogen-bond acceptors (Lipinski definition) is 6. The van der Waals surface area contributed by atoms with Crippen molar-refractivity contribution in [3.63, 3.8) is 0 Å². The van der Waals surface area contributed by atoms with Crippen LogP contribution in [0.25, 0.3) is 22.1 Å². The minimum absolute atomic E-state index is 0.111. The maximum Gasteiger partial charge on any atom is 0.133 e. The van der Waals surface area contributed by atoms with Crippen molar-refractivity contribution in [3.05, 3.63) is 30.4 Å². The van der Waals surface area contributed by atoms with E-state index in [9.17, 15) is 4.79 Å². The number of fused-ring (bicyclic) bond motifs is 3.